The first-order valence-electron chi connectivity index (χ1n) is 6.63. The average molecular weight is 278 g/mol. The van der Waals surface area contributed by atoms with Crippen molar-refractivity contribution in [2.24, 2.45) is 11.7 Å². The van der Waals surface area contributed by atoms with Crippen LogP contribution in [0.1, 0.15) is 37.8 Å². The molecule has 3 nitrogen and oxygen atoms in total. The minimum absolute atomic E-state index is 0.115. The number of amides is 1. The topological polar surface area (TPSA) is 46.3 Å². The molecule has 0 saturated heterocycles. The summed E-state index contributed by atoms with van der Waals surface area (Å²) in [6, 6.07) is 7.73. The summed E-state index contributed by atoms with van der Waals surface area (Å²) in [7, 11) is 1.84. The highest BCUT2D eigenvalue weighted by atomic mass is 32.1. The van der Waals surface area contributed by atoms with Gasteiger partial charge in [0.25, 0.3) is 0 Å². The Morgan fingerprint density at radius 1 is 1.37 bits per heavy atom. The largest absolute Gasteiger partial charge is 0.389 e. The number of hydrogen-bond acceptors (Lipinski definition) is 2. The number of carbonyl (C=O) groups is 1. The molecule has 0 fully saturated rings. The summed E-state index contributed by atoms with van der Waals surface area (Å²) in [6.45, 7) is 4.69. The third-order valence-corrected chi connectivity index (χ3v) is 3.58. The van der Waals surface area contributed by atoms with Gasteiger partial charge < -0.3 is 10.6 Å². The van der Waals surface area contributed by atoms with Crippen molar-refractivity contribution in [1.82, 2.24) is 4.90 Å². The first-order chi connectivity index (χ1) is 8.99. The molecule has 0 aliphatic rings. The number of nitrogens with two attached hydrogens (primary N) is 1. The zero-order chi connectivity index (χ0) is 14.4. The van der Waals surface area contributed by atoms with E-state index >= 15 is 0 Å². The number of rotatable bonds is 6. The van der Waals surface area contributed by atoms with Crippen molar-refractivity contribution in [1.29, 1.82) is 0 Å². The van der Waals surface area contributed by atoms with E-state index < -0.39 is 0 Å². The normalized spacial score (nSPS) is 10.5. The van der Waals surface area contributed by atoms with Gasteiger partial charge >= 0.3 is 0 Å². The second-order valence-corrected chi connectivity index (χ2v) is 5.21. The summed E-state index contributed by atoms with van der Waals surface area (Å²) in [5, 5.41) is 0. The van der Waals surface area contributed by atoms with E-state index in [9.17, 15) is 4.79 Å². The Morgan fingerprint density at radius 3 is 2.53 bits per heavy atom. The average Bonchev–Trinajstić information content (AvgIpc) is 2.40. The summed E-state index contributed by atoms with van der Waals surface area (Å²) in [5.41, 5.74) is 7.51. The highest BCUT2D eigenvalue weighted by Crippen LogP contribution is 2.14. The molecule has 0 saturated carbocycles. The molecule has 0 unspecified atom stereocenters. The third-order valence-electron chi connectivity index (χ3n) is 3.34. The number of thiocarbonyl (C=S) groups is 1. The van der Waals surface area contributed by atoms with Crippen LogP contribution in [-0.4, -0.2) is 22.8 Å². The van der Waals surface area contributed by atoms with E-state index in [4.69, 9.17) is 18.0 Å². The molecule has 4 heteroatoms. The summed E-state index contributed by atoms with van der Waals surface area (Å²) in [6.07, 6.45) is 1.76. The van der Waals surface area contributed by atoms with Gasteiger partial charge in [-0.1, -0.05) is 44.3 Å². The minimum atomic E-state index is 0.115. The highest BCUT2D eigenvalue weighted by molar-refractivity contribution is 7.80. The first-order valence-corrected chi connectivity index (χ1v) is 7.04. The Kier molecular flexibility index (Phi) is 5.96. The molecule has 0 atom stereocenters. The van der Waals surface area contributed by atoms with Crippen LogP contribution < -0.4 is 5.73 Å². The lowest BCUT2D eigenvalue weighted by atomic mass is 10.0. The van der Waals surface area contributed by atoms with E-state index in [0.717, 1.165) is 24.0 Å². The van der Waals surface area contributed by atoms with Gasteiger partial charge in [-0.15, -0.1) is 0 Å². The molecule has 1 aromatic rings. The quantitative estimate of drug-likeness (QED) is 0.814. The van der Waals surface area contributed by atoms with Crippen LogP contribution in [0.3, 0.4) is 0 Å². The molecule has 104 valence electrons. The number of benzene rings is 1. The first kappa shape index (κ1) is 15.6. The van der Waals surface area contributed by atoms with Crippen molar-refractivity contribution < 1.29 is 4.79 Å². The van der Waals surface area contributed by atoms with Crippen molar-refractivity contribution >= 4 is 23.1 Å². The molecule has 1 aromatic carbocycles. The summed E-state index contributed by atoms with van der Waals surface area (Å²) in [4.78, 5) is 14.4. The van der Waals surface area contributed by atoms with Gasteiger partial charge in [0.2, 0.25) is 5.91 Å². The van der Waals surface area contributed by atoms with Gasteiger partial charge in [-0.05, 0) is 24.5 Å². The van der Waals surface area contributed by atoms with E-state index in [1.54, 1.807) is 4.90 Å². The molecule has 19 heavy (non-hydrogen) atoms. The molecule has 1 rings (SSSR count). The number of nitrogens with zero attached hydrogens (tertiary/aromatic N) is 1. The molecule has 0 spiro atoms. The fourth-order valence-corrected chi connectivity index (χ4v) is 2.25. The predicted octanol–water partition coefficient (Wildman–Crippen LogP) is 2.72. The molecule has 0 radical (unpaired) electrons. The van der Waals surface area contributed by atoms with Crippen molar-refractivity contribution in [3.05, 3.63) is 35.4 Å². The van der Waals surface area contributed by atoms with Gasteiger partial charge in [0, 0.05) is 25.1 Å². The minimum Gasteiger partial charge on any atom is -0.389 e. The van der Waals surface area contributed by atoms with Crippen LogP contribution in [0, 0.1) is 5.92 Å². The lowest BCUT2D eigenvalue weighted by Crippen LogP contribution is -2.32. The molecule has 0 heterocycles. The lowest BCUT2D eigenvalue weighted by Gasteiger charge is -2.22. The molecule has 0 bridgehead atoms. The Hall–Kier alpha value is -1.42. The second-order valence-electron chi connectivity index (χ2n) is 4.77. The molecule has 1 amide bonds. The summed E-state index contributed by atoms with van der Waals surface area (Å²) >= 11 is 4.96. The van der Waals surface area contributed by atoms with E-state index in [2.05, 4.69) is 0 Å². The Labute approximate surface area is 120 Å². The maximum atomic E-state index is 12.2. The summed E-state index contributed by atoms with van der Waals surface area (Å²) in [5.74, 6) is 0.314. The van der Waals surface area contributed by atoms with Crippen molar-refractivity contribution in [2.45, 2.75) is 33.2 Å². The molecule has 0 aliphatic carbocycles. The number of carbonyl (C=O) groups excluding carboxylic acids is 1. The van der Waals surface area contributed by atoms with Gasteiger partial charge in [0.15, 0.2) is 0 Å². The van der Waals surface area contributed by atoms with Gasteiger partial charge in [-0.3, -0.25) is 4.79 Å². The lowest BCUT2D eigenvalue weighted by molar-refractivity contribution is -0.134. The van der Waals surface area contributed by atoms with Gasteiger partial charge in [-0.2, -0.15) is 0 Å². The van der Waals surface area contributed by atoms with E-state index in [-0.39, 0.29) is 11.8 Å². The van der Waals surface area contributed by atoms with Crippen molar-refractivity contribution in [2.75, 3.05) is 7.05 Å². The fourth-order valence-electron chi connectivity index (χ4n) is 2.12. The SMILES string of the molecule is CCC(CC)C(=O)N(C)Cc1cccc(C(N)=S)c1. The molecule has 0 aliphatic heterocycles. The molecular weight excluding hydrogens is 256 g/mol. The van der Waals surface area contributed by atoms with Crippen molar-refractivity contribution in [3.63, 3.8) is 0 Å². The highest BCUT2D eigenvalue weighted by Gasteiger charge is 2.18. The van der Waals surface area contributed by atoms with Gasteiger partial charge in [0.05, 0.1) is 0 Å². The zero-order valence-electron chi connectivity index (χ0n) is 11.8. The second kappa shape index (κ2) is 7.24. The Balaban J connectivity index is 2.76. The Bertz CT molecular complexity index is 455. The zero-order valence-corrected chi connectivity index (χ0v) is 12.7. The van der Waals surface area contributed by atoms with Crippen LogP contribution in [0.5, 0.6) is 0 Å². The van der Waals surface area contributed by atoms with Crippen molar-refractivity contribution in [3.8, 4) is 0 Å². The maximum absolute atomic E-state index is 12.2. The van der Waals surface area contributed by atoms with Crippen LogP contribution in [0.15, 0.2) is 24.3 Å². The van der Waals surface area contributed by atoms with Gasteiger partial charge in [0.1, 0.15) is 4.99 Å². The fraction of sp³-hybridized carbons (Fsp3) is 0.467. The third kappa shape index (κ3) is 4.31. The van der Waals surface area contributed by atoms with E-state index in [1.807, 2.05) is 45.2 Å². The van der Waals surface area contributed by atoms with Gasteiger partial charge in [-0.25, -0.2) is 0 Å². The molecule has 0 aromatic heterocycles. The van der Waals surface area contributed by atoms with Crippen LogP contribution >= 0.6 is 12.2 Å². The Morgan fingerprint density at radius 2 is 2.00 bits per heavy atom. The van der Waals surface area contributed by atoms with Crippen LogP contribution in [0.25, 0.3) is 0 Å². The maximum Gasteiger partial charge on any atom is 0.225 e. The van der Waals surface area contributed by atoms with Crippen LogP contribution in [0.4, 0.5) is 0 Å². The number of hydrogen-bond donors (Lipinski definition) is 1. The standard InChI is InChI=1S/C15H22N2OS/c1-4-12(5-2)15(18)17(3)10-11-7-6-8-13(9-11)14(16)19/h6-9,12H,4-5,10H2,1-3H3,(H2,16,19). The predicted molar refractivity (Wildman–Crippen MR) is 82.9 cm³/mol. The smallest absolute Gasteiger partial charge is 0.225 e. The monoisotopic (exact) mass is 278 g/mol. The van der Waals surface area contributed by atoms with E-state index in [1.165, 1.54) is 0 Å². The summed E-state index contributed by atoms with van der Waals surface area (Å²) < 4.78 is 0. The van der Waals surface area contributed by atoms with Crippen LogP contribution in [0.2, 0.25) is 0 Å². The molecule has 2 N–H and O–H groups in total. The molecular formula is C15H22N2OS. The van der Waals surface area contributed by atoms with Crippen LogP contribution in [-0.2, 0) is 11.3 Å². The van der Waals surface area contributed by atoms with E-state index in [0.29, 0.717) is 11.5 Å².